The Labute approximate surface area is 164 Å². The molecule has 1 saturated carbocycles. The van der Waals surface area contributed by atoms with Crippen molar-refractivity contribution in [2.45, 2.75) is 44.6 Å². The van der Waals surface area contributed by atoms with E-state index in [0.29, 0.717) is 17.0 Å². The number of ether oxygens (including phenoxy) is 1. The highest BCUT2D eigenvalue weighted by atomic mass is 16.5. The van der Waals surface area contributed by atoms with E-state index in [0.717, 1.165) is 18.4 Å². The van der Waals surface area contributed by atoms with Crippen LogP contribution in [0.2, 0.25) is 0 Å². The van der Waals surface area contributed by atoms with Crippen molar-refractivity contribution in [3.8, 4) is 5.75 Å². The van der Waals surface area contributed by atoms with Crippen LogP contribution < -0.4 is 15.4 Å². The van der Waals surface area contributed by atoms with Crippen molar-refractivity contribution in [3.63, 3.8) is 0 Å². The Bertz CT molecular complexity index is 894. The van der Waals surface area contributed by atoms with Crippen molar-refractivity contribution in [2.75, 3.05) is 5.32 Å². The summed E-state index contributed by atoms with van der Waals surface area (Å²) < 4.78 is 5.71. The Balaban J connectivity index is 1.44. The van der Waals surface area contributed by atoms with Crippen LogP contribution in [0.25, 0.3) is 6.08 Å². The normalized spacial score (nSPS) is 18.6. The number of carbonyl (C=O) groups excluding carboxylic acids is 2. The van der Waals surface area contributed by atoms with Gasteiger partial charge in [-0.05, 0) is 48.7 Å². The maximum Gasteiger partial charge on any atom is 0.291 e. The number of hydrogen-bond acceptors (Lipinski definition) is 3. The fourth-order valence-corrected chi connectivity index (χ4v) is 3.68. The Morgan fingerprint density at radius 1 is 1.00 bits per heavy atom. The molecule has 2 amide bonds. The number of amides is 2. The second kappa shape index (κ2) is 8.30. The third-order valence-electron chi connectivity index (χ3n) is 5.24. The molecule has 5 heteroatoms. The summed E-state index contributed by atoms with van der Waals surface area (Å²) in [5, 5.41) is 5.96. The maximum atomic E-state index is 12.5. The van der Waals surface area contributed by atoms with Gasteiger partial charge < -0.3 is 15.4 Å². The zero-order valence-electron chi connectivity index (χ0n) is 15.7. The zero-order valence-corrected chi connectivity index (χ0v) is 15.7. The lowest BCUT2D eigenvalue weighted by molar-refractivity contribution is -0.115. The molecule has 1 aliphatic carbocycles. The fourth-order valence-electron chi connectivity index (χ4n) is 3.68. The smallest absolute Gasteiger partial charge is 0.291 e. The van der Waals surface area contributed by atoms with E-state index in [1.54, 1.807) is 24.3 Å². The summed E-state index contributed by atoms with van der Waals surface area (Å²) in [6, 6.07) is 14.8. The highest BCUT2D eigenvalue weighted by molar-refractivity contribution is 6.08. The molecule has 2 N–H and O–H groups in total. The van der Waals surface area contributed by atoms with Gasteiger partial charge in [0.1, 0.15) is 0 Å². The molecular weight excluding hydrogens is 352 g/mol. The predicted molar refractivity (Wildman–Crippen MR) is 109 cm³/mol. The first kappa shape index (κ1) is 18.3. The quantitative estimate of drug-likeness (QED) is 0.612. The summed E-state index contributed by atoms with van der Waals surface area (Å²) in [5.41, 5.74) is 2.09. The number of hydrogen-bond donors (Lipinski definition) is 2. The largest absolute Gasteiger partial charge is 0.449 e. The highest BCUT2D eigenvalue weighted by Crippen LogP contribution is 2.30. The Morgan fingerprint density at radius 2 is 1.71 bits per heavy atom. The second-order valence-electron chi connectivity index (χ2n) is 7.34. The van der Waals surface area contributed by atoms with Crippen molar-refractivity contribution in [1.29, 1.82) is 0 Å². The van der Waals surface area contributed by atoms with Crippen molar-refractivity contribution < 1.29 is 14.3 Å². The molecule has 2 aliphatic rings. The predicted octanol–water partition coefficient (Wildman–Crippen LogP) is 4.51. The van der Waals surface area contributed by atoms with Crippen LogP contribution in [0.3, 0.4) is 0 Å². The first-order chi connectivity index (χ1) is 13.7. The van der Waals surface area contributed by atoms with Crippen LogP contribution in [-0.2, 0) is 4.79 Å². The van der Waals surface area contributed by atoms with E-state index >= 15 is 0 Å². The standard InChI is InChI=1S/C23H24N2O3/c26-22(24-18-7-3-1-2-4-8-18)17-13-11-16(12-14-17)15-21-23(27)25-19-9-5-6-10-20(19)28-21/h5-6,9-15,18H,1-4,7-8H2,(H,24,26)(H,25,27)/b21-15-. The molecule has 0 saturated heterocycles. The average molecular weight is 376 g/mol. The van der Waals surface area contributed by atoms with Crippen LogP contribution in [0.15, 0.2) is 54.3 Å². The lowest BCUT2D eigenvalue weighted by atomic mass is 10.1. The number of para-hydroxylation sites is 2. The number of anilines is 1. The minimum Gasteiger partial charge on any atom is -0.449 e. The first-order valence-electron chi connectivity index (χ1n) is 9.90. The van der Waals surface area contributed by atoms with E-state index in [2.05, 4.69) is 10.6 Å². The molecule has 0 unspecified atom stereocenters. The summed E-state index contributed by atoms with van der Waals surface area (Å²) in [5.74, 6) is 0.530. The van der Waals surface area contributed by atoms with Gasteiger partial charge in [0.05, 0.1) is 5.69 Å². The molecule has 28 heavy (non-hydrogen) atoms. The van der Waals surface area contributed by atoms with E-state index < -0.39 is 0 Å². The summed E-state index contributed by atoms with van der Waals surface area (Å²) in [6.07, 6.45) is 8.68. The molecule has 0 aromatic heterocycles. The Kier molecular flexibility index (Phi) is 5.42. The van der Waals surface area contributed by atoms with Gasteiger partial charge in [0.25, 0.3) is 11.8 Å². The van der Waals surface area contributed by atoms with Crippen molar-refractivity contribution >= 4 is 23.6 Å². The molecule has 144 valence electrons. The van der Waals surface area contributed by atoms with Crippen molar-refractivity contribution in [1.82, 2.24) is 5.32 Å². The van der Waals surface area contributed by atoms with E-state index in [9.17, 15) is 9.59 Å². The molecule has 1 aliphatic heterocycles. The average Bonchev–Trinajstić information content (AvgIpc) is 2.98. The van der Waals surface area contributed by atoms with Gasteiger partial charge in [-0.2, -0.15) is 0 Å². The van der Waals surface area contributed by atoms with Gasteiger partial charge in [-0.15, -0.1) is 0 Å². The topological polar surface area (TPSA) is 67.4 Å². The highest BCUT2D eigenvalue weighted by Gasteiger charge is 2.21. The van der Waals surface area contributed by atoms with Crippen molar-refractivity contribution in [2.24, 2.45) is 0 Å². The third-order valence-corrected chi connectivity index (χ3v) is 5.24. The minimum absolute atomic E-state index is 0.0355. The molecule has 2 aromatic rings. The molecule has 5 nitrogen and oxygen atoms in total. The Hall–Kier alpha value is -3.08. The summed E-state index contributed by atoms with van der Waals surface area (Å²) in [4.78, 5) is 24.7. The number of carbonyl (C=O) groups is 2. The molecule has 0 bridgehead atoms. The molecule has 0 atom stereocenters. The Morgan fingerprint density at radius 3 is 2.46 bits per heavy atom. The maximum absolute atomic E-state index is 12.5. The van der Waals surface area contributed by atoms with Crippen molar-refractivity contribution in [3.05, 3.63) is 65.4 Å². The SMILES string of the molecule is O=C1Nc2ccccc2O/C1=C\c1ccc(C(=O)NC2CCCCCC2)cc1. The fraction of sp³-hybridized carbons (Fsp3) is 0.304. The van der Waals surface area contributed by atoms with Crippen LogP contribution in [0.4, 0.5) is 5.69 Å². The molecule has 4 rings (SSSR count). The van der Waals surface area contributed by atoms with Crippen LogP contribution in [0.5, 0.6) is 5.75 Å². The van der Waals surface area contributed by atoms with Gasteiger partial charge in [-0.1, -0.05) is 49.9 Å². The van der Waals surface area contributed by atoms with Gasteiger partial charge in [0, 0.05) is 11.6 Å². The van der Waals surface area contributed by atoms with Crippen LogP contribution in [0.1, 0.15) is 54.4 Å². The van der Waals surface area contributed by atoms with Gasteiger partial charge in [0.15, 0.2) is 11.5 Å². The monoisotopic (exact) mass is 376 g/mol. The molecule has 0 radical (unpaired) electrons. The number of nitrogens with one attached hydrogen (secondary N) is 2. The lowest BCUT2D eigenvalue weighted by Crippen LogP contribution is -2.34. The third kappa shape index (κ3) is 4.25. The molecule has 1 fully saturated rings. The lowest BCUT2D eigenvalue weighted by Gasteiger charge is -2.19. The van der Waals surface area contributed by atoms with Gasteiger partial charge in [-0.25, -0.2) is 0 Å². The van der Waals surface area contributed by atoms with Gasteiger partial charge in [0.2, 0.25) is 0 Å². The molecule has 2 aromatic carbocycles. The summed E-state index contributed by atoms with van der Waals surface area (Å²) in [6.45, 7) is 0. The van der Waals surface area contributed by atoms with E-state index in [4.69, 9.17) is 4.74 Å². The molecule has 0 spiro atoms. The van der Waals surface area contributed by atoms with Crippen LogP contribution in [-0.4, -0.2) is 17.9 Å². The van der Waals surface area contributed by atoms with E-state index in [1.165, 1.54) is 25.7 Å². The van der Waals surface area contributed by atoms with Crippen LogP contribution >= 0.6 is 0 Å². The zero-order chi connectivity index (χ0) is 19.3. The molecular formula is C23H24N2O3. The van der Waals surface area contributed by atoms with Crippen LogP contribution in [0, 0.1) is 0 Å². The molecule has 1 heterocycles. The number of rotatable bonds is 3. The van der Waals surface area contributed by atoms with E-state index in [-0.39, 0.29) is 23.6 Å². The van der Waals surface area contributed by atoms with Gasteiger partial charge in [-0.3, -0.25) is 9.59 Å². The summed E-state index contributed by atoms with van der Waals surface area (Å²) >= 11 is 0. The summed E-state index contributed by atoms with van der Waals surface area (Å²) in [7, 11) is 0. The second-order valence-corrected chi connectivity index (χ2v) is 7.34. The number of fused-ring (bicyclic) bond motifs is 1. The minimum atomic E-state index is -0.283. The first-order valence-corrected chi connectivity index (χ1v) is 9.90. The van der Waals surface area contributed by atoms with Gasteiger partial charge >= 0.3 is 0 Å². The van der Waals surface area contributed by atoms with E-state index in [1.807, 2.05) is 30.3 Å². The number of benzene rings is 2.